The molecule has 0 aromatic rings. The monoisotopic (exact) mass is 128 g/mol. The van der Waals surface area contributed by atoms with Crippen molar-refractivity contribution in [2.24, 2.45) is 5.92 Å². The Morgan fingerprint density at radius 2 is 1.89 bits per heavy atom. The van der Waals surface area contributed by atoms with E-state index < -0.39 is 0 Å². The molecule has 0 aromatic heterocycles. The number of aliphatic hydroxyl groups is 1. The molecule has 9 heavy (non-hydrogen) atoms. The molecule has 0 bridgehead atoms. The van der Waals surface area contributed by atoms with E-state index in [1.54, 1.807) is 6.92 Å². The lowest BCUT2D eigenvalue weighted by Gasteiger charge is -1.97. The molecule has 0 saturated heterocycles. The Labute approximate surface area is 57.4 Å². The summed E-state index contributed by atoms with van der Waals surface area (Å²) >= 11 is 0. The molecule has 0 aliphatic heterocycles. The average molecular weight is 128 g/mol. The molecule has 1 nitrogen and oxygen atoms in total. The Bertz CT molecular complexity index is 82.6. The molecule has 0 aliphatic carbocycles. The summed E-state index contributed by atoms with van der Waals surface area (Å²) in [5.74, 6) is 0.601. The van der Waals surface area contributed by atoms with Crippen molar-refractivity contribution >= 4 is 0 Å². The summed E-state index contributed by atoms with van der Waals surface area (Å²) in [6.45, 7) is 6.04. The third kappa shape index (κ3) is 7.70. The zero-order valence-corrected chi connectivity index (χ0v) is 6.46. The molecule has 1 heteroatoms. The van der Waals surface area contributed by atoms with Crippen LogP contribution in [0, 0.1) is 5.92 Å². The fourth-order valence-corrected chi connectivity index (χ4v) is 0.548. The van der Waals surface area contributed by atoms with Crippen molar-refractivity contribution in [1.82, 2.24) is 0 Å². The van der Waals surface area contributed by atoms with E-state index in [0.717, 1.165) is 6.42 Å². The normalized spacial score (nSPS) is 15.2. The maximum Gasteiger partial charge on any atom is 0.0546 e. The SMILES string of the molecule is CC(C)C=CCC(C)O. The summed E-state index contributed by atoms with van der Waals surface area (Å²) in [5, 5.41) is 8.81. The van der Waals surface area contributed by atoms with Gasteiger partial charge in [-0.2, -0.15) is 0 Å². The minimum absolute atomic E-state index is 0.194. The first-order chi connectivity index (χ1) is 4.13. The van der Waals surface area contributed by atoms with Crippen molar-refractivity contribution in [3.63, 3.8) is 0 Å². The predicted octanol–water partition coefficient (Wildman–Crippen LogP) is 1.97. The lowest BCUT2D eigenvalue weighted by atomic mass is 10.2. The largest absolute Gasteiger partial charge is 0.393 e. The molecule has 54 valence electrons. The second-order valence-electron chi connectivity index (χ2n) is 2.76. The highest BCUT2D eigenvalue weighted by molar-refractivity contribution is 4.85. The number of aliphatic hydroxyl groups excluding tert-OH is 1. The van der Waals surface area contributed by atoms with Gasteiger partial charge in [-0.3, -0.25) is 0 Å². The number of hydrogen-bond donors (Lipinski definition) is 1. The molecule has 0 amide bonds. The van der Waals surface area contributed by atoms with Crippen LogP contribution in [0.15, 0.2) is 12.2 Å². The Morgan fingerprint density at radius 1 is 1.33 bits per heavy atom. The van der Waals surface area contributed by atoms with Crippen LogP contribution in [0.4, 0.5) is 0 Å². The number of rotatable bonds is 3. The highest BCUT2D eigenvalue weighted by Crippen LogP contribution is 1.97. The summed E-state index contributed by atoms with van der Waals surface area (Å²) in [5.41, 5.74) is 0. The third-order valence-electron chi connectivity index (χ3n) is 0.998. The van der Waals surface area contributed by atoms with Crippen molar-refractivity contribution in [3.05, 3.63) is 12.2 Å². The van der Waals surface area contributed by atoms with Gasteiger partial charge in [0, 0.05) is 0 Å². The Balaban J connectivity index is 3.25. The lowest BCUT2D eigenvalue weighted by molar-refractivity contribution is 0.198. The summed E-state index contributed by atoms with van der Waals surface area (Å²) in [7, 11) is 0. The van der Waals surface area contributed by atoms with Gasteiger partial charge in [-0.15, -0.1) is 0 Å². The van der Waals surface area contributed by atoms with E-state index in [9.17, 15) is 0 Å². The van der Waals surface area contributed by atoms with Gasteiger partial charge in [0.15, 0.2) is 0 Å². The smallest absolute Gasteiger partial charge is 0.0546 e. The van der Waals surface area contributed by atoms with E-state index in [1.165, 1.54) is 0 Å². The molecular formula is C8H16O. The van der Waals surface area contributed by atoms with Crippen molar-refractivity contribution in [3.8, 4) is 0 Å². The topological polar surface area (TPSA) is 20.2 Å². The van der Waals surface area contributed by atoms with E-state index in [4.69, 9.17) is 5.11 Å². The molecule has 0 aromatic carbocycles. The highest BCUT2D eigenvalue weighted by Gasteiger charge is 1.89. The molecule has 0 heterocycles. The Morgan fingerprint density at radius 3 is 2.22 bits per heavy atom. The van der Waals surface area contributed by atoms with Gasteiger partial charge in [0.25, 0.3) is 0 Å². The van der Waals surface area contributed by atoms with Gasteiger partial charge in [0.05, 0.1) is 6.10 Å². The van der Waals surface area contributed by atoms with Crippen molar-refractivity contribution in [2.75, 3.05) is 0 Å². The first-order valence-electron chi connectivity index (χ1n) is 3.47. The fourth-order valence-electron chi connectivity index (χ4n) is 0.548. The van der Waals surface area contributed by atoms with Crippen LogP contribution in [0.3, 0.4) is 0 Å². The van der Waals surface area contributed by atoms with Gasteiger partial charge in [0.1, 0.15) is 0 Å². The number of allylic oxidation sites excluding steroid dienone is 1. The molecule has 0 aliphatic rings. The van der Waals surface area contributed by atoms with Crippen molar-refractivity contribution in [2.45, 2.75) is 33.3 Å². The lowest BCUT2D eigenvalue weighted by Crippen LogP contribution is -1.95. The van der Waals surface area contributed by atoms with Crippen LogP contribution in [-0.4, -0.2) is 11.2 Å². The van der Waals surface area contributed by atoms with E-state index >= 15 is 0 Å². The molecule has 1 N–H and O–H groups in total. The molecular weight excluding hydrogens is 112 g/mol. The van der Waals surface area contributed by atoms with Crippen LogP contribution >= 0.6 is 0 Å². The highest BCUT2D eigenvalue weighted by atomic mass is 16.3. The van der Waals surface area contributed by atoms with E-state index in [1.807, 2.05) is 6.08 Å². The molecule has 0 saturated carbocycles. The predicted molar refractivity (Wildman–Crippen MR) is 40.3 cm³/mol. The van der Waals surface area contributed by atoms with Gasteiger partial charge in [-0.1, -0.05) is 26.0 Å². The molecule has 1 atom stereocenters. The first kappa shape index (κ1) is 8.70. The molecule has 0 spiro atoms. The van der Waals surface area contributed by atoms with Crippen LogP contribution < -0.4 is 0 Å². The van der Waals surface area contributed by atoms with Gasteiger partial charge in [-0.25, -0.2) is 0 Å². The second kappa shape index (κ2) is 4.57. The van der Waals surface area contributed by atoms with Crippen LogP contribution in [0.5, 0.6) is 0 Å². The van der Waals surface area contributed by atoms with Crippen molar-refractivity contribution < 1.29 is 5.11 Å². The van der Waals surface area contributed by atoms with Crippen molar-refractivity contribution in [1.29, 1.82) is 0 Å². The number of hydrogen-bond acceptors (Lipinski definition) is 1. The maximum atomic E-state index is 8.81. The zero-order valence-electron chi connectivity index (χ0n) is 6.46. The minimum Gasteiger partial charge on any atom is -0.393 e. The molecule has 0 radical (unpaired) electrons. The maximum absolute atomic E-state index is 8.81. The Hall–Kier alpha value is -0.300. The molecule has 0 rings (SSSR count). The van der Waals surface area contributed by atoms with E-state index in [2.05, 4.69) is 19.9 Å². The fraction of sp³-hybridized carbons (Fsp3) is 0.750. The standard InChI is InChI=1S/C8H16O/c1-7(2)5-4-6-8(3)9/h4-5,7-9H,6H2,1-3H3. The third-order valence-corrected chi connectivity index (χ3v) is 0.998. The summed E-state index contributed by atoms with van der Waals surface area (Å²) in [6.07, 6.45) is 4.71. The second-order valence-corrected chi connectivity index (χ2v) is 2.76. The minimum atomic E-state index is -0.194. The van der Waals surface area contributed by atoms with Gasteiger partial charge in [-0.05, 0) is 19.3 Å². The summed E-state index contributed by atoms with van der Waals surface area (Å²) in [4.78, 5) is 0. The van der Waals surface area contributed by atoms with Crippen LogP contribution in [-0.2, 0) is 0 Å². The van der Waals surface area contributed by atoms with Crippen LogP contribution in [0.1, 0.15) is 27.2 Å². The van der Waals surface area contributed by atoms with Gasteiger partial charge in [0.2, 0.25) is 0 Å². The molecule has 0 fully saturated rings. The van der Waals surface area contributed by atoms with Gasteiger partial charge >= 0.3 is 0 Å². The molecule has 1 unspecified atom stereocenters. The van der Waals surface area contributed by atoms with Crippen LogP contribution in [0.2, 0.25) is 0 Å². The summed E-state index contributed by atoms with van der Waals surface area (Å²) in [6, 6.07) is 0. The first-order valence-corrected chi connectivity index (χ1v) is 3.47. The Kier molecular flexibility index (Phi) is 4.41. The van der Waals surface area contributed by atoms with Gasteiger partial charge < -0.3 is 5.11 Å². The van der Waals surface area contributed by atoms with E-state index in [0.29, 0.717) is 5.92 Å². The zero-order chi connectivity index (χ0) is 7.28. The summed E-state index contributed by atoms with van der Waals surface area (Å²) < 4.78 is 0. The van der Waals surface area contributed by atoms with Crippen LogP contribution in [0.25, 0.3) is 0 Å². The average Bonchev–Trinajstić information content (AvgIpc) is 1.63. The van der Waals surface area contributed by atoms with E-state index in [-0.39, 0.29) is 6.10 Å². The quantitative estimate of drug-likeness (QED) is 0.576.